The Kier molecular flexibility index (Phi) is 3.94. The second-order valence-corrected chi connectivity index (χ2v) is 6.15. The third-order valence-electron chi connectivity index (χ3n) is 4.38. The Hall–Kier alpha value is -3.92. The summed E-state index contributed by atoms with van der Waals surface area (Å²) in [5, 5.41) is 10.4. The fourth-order valence-corrected chi connectivity index (χ4v) is 3.09. The molecule has 4 rings (SSSR count). The van der Waals surface area contributed by atoms with E-state index in [-0.39, 0.29) is 23.1 Å². The number of nitriles is 1. The molecule has 0 spiro atoms. The first-order valence-corrected chi connectivity index (χ1v) is 8.22. The molecular weight excluding hydrogens is 343 g/mol. The highest BCUT2D eigenvalue weighted by atomic mass is 19.1. The number of anilines is 2. The number of hydrogen-bond acceptors (Lipinski definition) is 5. The van der Waals surface area contributed by atoms with Crippen molar-refractivity contribution in [2.24, 2.45) is 0 Å². The van der Waals surface area contributed by atoms with Crippen molar-refractivity contribution in [1.82, 2.24) is 14.5 Å². The predicted octanol–water partition coefficient (Wildman–Crippen LogP) is 3.32. The molecule has 0 aliphatic rings. The van der Waals surface area contributed by atoms with Crippen LogP contribution < -0.4 is 11.5 Å². The molecule has 0 unspecified atom stereocenters. The van der Waals surface area contributed by atoms with Crippen LogP contribution in [-0.2, 0) is 6.54 Å². The van der Waals surface area contributed by atoms with Gasteiger partial charge in [-0.15, -0.1) is 0 Å². The van der Waals surface area contributed by atoms with Gasteiger partial charge >= 0.3 is 0 Å². The van der Waals surface area contributed by atoms with Gasteiger partial charge in [-0.05, 0) is 35.9 Å². The summed E-state index contributed by atoms with van der Waals surface area (Å²) in [7, 11) is 0. The molecule has 0 aliphatic heterocycles. The molecule has 4 N–H and O–H groups in total. The molecule has 0 atom stereocenters. The third-order valence-corrected chi connectivity index (χ3v) is 4.38. The molecule has 0 bridgehead atoms. The highest BCUT2D eigenvalue weighted by molar-refractivity contribution is 5.87. The van der Waals surface area contributed by atoms with Gasteiger partial charge in [0.2, 0.25) is 5.95 Å². The molecule has 0 fully saturated rings. The first-order chi connectivity index (χ1) is 13.0. The molecule has 7 heteroatoms. The van der Waals surface area contributed by atoms with Crippen LogP contribution in [0, 0.1) is 17.1 Å². The lowest BCUT2D eigenvalue weighted by molar-refractivity contribution is 0.626. The van der Waals surface area contributed by atoms with E-state index >= 15 is 0 Å². The first kappa shape index (κ1) is 16.5. The number of fused-ring (bicyclic) bond motifs is 1. The molecule has 2 aromatic carbocycles. The van der Waals surface area contributed by atoms with Gasteiger partial charge in [0.15, 0.2) is 0 Å². The molecule has 132 valence electrons. The van der Waals surface area contributed by atoms with Crippen molar-refractivity contribution in [2.45, 2.75) is 6.54 Å². The zero-order valence-electron chi connectivity index (χ0n) is 14.2. The van der Waals surface area contributed by atoms with Crippen molar-refractivity contribution >= 4 is 22.7 Å². The number of halogens is 1. The molecular formula is C20H15FN6. The van der Waals surface area contributed by atoms with Crippen molar-refractivity contribution in [2.75, 3.05) is 11.5 Å². The lowest BCUT2D eigenvalue weighted by atomic mass is 10.1. The Bertz CT molecular complexity index is 1190. The standard InChI is InChI=1S/C20H15FN6/c21-15-4-1-12(2-5-15)11-27-8-7-13-9-14(3-6-17(13)27)18-16(10-22)19(23)26-20(24)25-18/h1-9H,11H2,(H4,23,24,25,26). The van der Waals surface area contributed by atoms with Gasteiger partial charge in [0.25, 0.3) is 0 Å². The zero-order valence-corrected chi connectivity index (χ0v) is 14.2. The minimum absolute atomic E-state index is 0.0236. The Labute approximate surface area is 154 Å². The van der Waals surface area contributed by atoms with Gasteiger partial charge in [-0.25, -0.2) is 9.37 Å². The van der Waals surface area contributed by atoms with Gasteiger partial charge in [-0.3, -0.25) is 0 Å². The third kappa shape index (κ3) is 3.04. The average molecular weight is 358 g/mol. The second-order valence-electron chi connectivity index (χ2n) is 6.15. The summed E-state index contributed by atoms with van der Waals surface area (Å²) in [6, 6.07) is 16.2. The van der Waals surface area contributed by atoms with Gasteiger partial charge in [-0.1, -0.05) is 18.2 Å². The van der Waals surface area contributed by atoms with Crippen molar-refractivity contribution in [3.63, 3.8) is 0 Å². The van der Waals surface area contributed by atoms with Crippen LogP contribution in [-0.4, -0.2) is 14.5 Å². The summed E-state index contributed by atoms with van der Waals surface area (Å²) < 4.78 is 15.2. The van der Waals surface area contributed by atoms with Gasteiger partial charge in [0, 0.05) is 29.2 Å². The van der Waals surface area contributed by atoms with Gasteiger partial charge in [0.05, 0.1) is 5.69 Å². The summed E-state index contributed by atoms with van der Waals surface area (Å²) in [4.78, 5) is 8.03. The van der Waals surface area contributed by atoms with Gasteiger partial charge in [0.1, 0.15) is 23.3 Å². The van der Waals surface area contributed by atoms with Crippen LogP contribution in [0.25, 0.3) is 22.2 Å². The van der Waals surface area contributed by atoms with E-state index in [1.165, 1.54) is 12.1 Å². The number of benzene rings is 2. The molecule has 6 nitrogen and oxygen atoms in total. The minimum Gasteiger partial charge on any atom is -0.382 e. The number of rotatable bonds is 3. The molecule has 0 saturated heterocycles. The smallest absolute Gasteiger partial charge is 0.222 e. The maximum atomic E-state index is 13.1. The fourth-order valence-electron chi connectivity index (χ4n) is 3.09. The van der Waals surface area contributed by atoms with E-state index in [4.69, 9.17) is 11.5 Å². The van der Waals surface area contributed by atoms with Crippen LogP contribution >= 0.6 is 0 Å². The number of nitrogens with two attached hydrogens (primary N) is 2. The Morgan fingerprint density at radius 3 is 2.56 bits per heavy atom. The van der Waals surface area contributed by atoms with Crippen molar-refractivity contribution < 1.29 is 4.39 Å². The van der Waals surface area contributed by atoms with Crippen LogP contribution in [0.1, 0.15) is 11.1 Å². The molecule has 0 aliphatic carbocycles. The Morgan fingerprint density at radius 2 is 1.81 bits per heavy atom. The average Bonchev–Trinajstić information content (AvgIpc) is 3.05. The molecule has 2 heterocycles. The quantitative estimate of drug-likeness (QED) is 0.584. The maximum Gasteiger partial charge on any atom is 0.222 e. The van der Waals surface area contributed by atoms with Crippen molar-refractivity contribution in [1.29, 1.82) is 5.26 Å². The topological polar surface area (TPSA) is 107 Å². The monoisotopic (exact) mass is 358 g/mol. The van der Waals surface area contributed by atoms with Gasteiger partial charge < -0.3 is 16.0 Å². The molecule has 0 radical (unpaired) electrons. The molecule has 27 heavy (non-hydrogen) atoms. The molecule has 4 aromatic rings. The zero-order chi connectivity index (χ0) is 19.0. The fraction of sp³-hybridized carbons (Fsp3) is 0.0500. The normalized spacial score (nSPS) is 10.8. The maximum absolute atomic E-state index is 13.1. The summed E-state index contributed by atoms with van der Waals surface area (Å²) in [6.45, 7) is 0.625. The summed E-state index contributed by atoms with van der Waals surface area (Å²) in [5.74, 6) is -0.165. The second kappa shape index (κ2) is 6.42. The van der Waals surface area contributed by atoms with Crippen LogP contribution in [0.3, 0.4) is 0 Å². The van der Waals surface area contributed by atoms with E-state index in [1.807, 2.05) is 36.5 Å². The first-order valence-electron chi connectivity index (χ1n) is 8.22. The Balaban J connectivity index is 1.75. The van der Waals surface area contributed by atoms with Crippen LogP contribution in [0.4, 0.5) is 16.2 Å². The lowest BCUT2D eigenvalue weighted by Crippen LogP contribution is -2.05. The van der Waals surface area contributed by atoms with Crippen LogP contribution in [0.5, 0.6) is 0 Å². The van der Waals surface area contributed by atoms with E-state index in [1.54, 1.807) is 12.1 Å². The minimum atomic E-state index is -0.252. The lowest BCUT2D eigenvalue weighted by Gasteiger charge is -2.09. The summed E-state index contributed by atoms with van der Waals surface area (Å²) in [6.07, 6.45) is 1.96. The molecule has 0 amide bonds. The highest BCUT2D eigenvalue weighted by Crippen LogP contribution is 2.29. The number of aromatic nitrogens is 3. The van der Waals surface area contributed by atoms with E-state index in [9.17, 15) is 9.65 Å². The predicted molar refractivity (Wildman–Crippen MR) is 102 cm³/mol. The molecule has 2 aromatic heterocycles. The summed E-state index contributed by atoms with van der Waals surface area (Å²) >= 11 is 0. The van der Waals surface area contributed by atoms with E-state index in [2.05, 4.69) is 14.5 Å². The van der Waals surface area contributed by atoms with Gasteiger partial charge in [-0.2, -0.15) is 10.2 Å². The highest BCUT2D eigenvalue weighted by Gasteiger charge is 2.14. The number of hydrogen-bond donors (Lipinski definition) is 2. The Morgan fingerprint density at radius 1 is 1.04 bits per heavy atom. The largest absolute Gasteiger partial charge is 0.382 e. The molecule has 0 saturated carbocycles. The van der Waals surface area contributed by atoms with Crippen LogP contribution in [0.15, 0.2) is 54.7 Å². The number of nitrogen functional groups attached to an aromatic ring is 2. The SMILES string of the molecule is N#Cc1c(N)nc(N)nc1-c1ccc2c(ccn2Cc2ccc(F)cc2)c1. The van der Waals surface area contributed by atoms with Crippen molar-refractivity contribution in [3.8, 4) is 17.3 Å². The van der Waals surface area contributed by atoms with E-state index in [0.29, 0.717) is 12.2 Å². The van der Waals surface area contributed by atoms with E-state index < -0.39 is 0 Å². The van der Waals surface area contributed by atoms with E-state index in [0.717, 1.165) is 22.0 Å². The van der Waals surface area contributed by atoms with Crippen molar-refractivity contribution in [3.05, 3.63) is 71.7 Å². The number of nitrogens with zero attached hydrogens (tertiary/aromatic N) is 4. The van der Waals surface area contributed by atoms with Crippen LogP contribution in [0.2, 0.25) is 0 Å². The summed E-state index contributed by atoms with van der Waals surface area (Å²) in [5.41, 5.74) is 14.9.